The van der Waals surface area contributed by atoms with Crippen LogP contribution in [0.3, 0.4) is 0 Å². The Kier molecular flexibility index (Phi) is 38.0. The zero-order valence-electron chi connectivity index (χ0n) is 34.0. The van der Waals surface area contributed by atoms with Crippen LogP contribution in [0.1, 0.15) is 206 Å². The smallest absolute Gasteiger partial charge is 0.462 e. The van der Waals surface area contributed by atoms with Crippen LogP contribution in [0, 0.1) is 0 Å². The Bertz CT molecular complexity index is 899. The summed E-state index contributed by atoms with van der Waals surface area (Å²) >= 11 is 0. The van der Waals surface area contributed by atoms with Gasteiger partial charge in [0.25, 0.3) is 0 Å². The highest BCUT2D eigenvalue weighted by Crippen LogP contribution is 2.43. The second-order valence-corrected chi connectivity index (χ2v) is 16.2. The lowest BCUT2D eigenvalue weighted by Crippen LogP contribution is -2.29. The Morgan fingerprint density at radius 1 is 0.547 bits per heavy atom. The fourth-order valence-corrected chi connectivity index (χ4v) is 6.85. The minimum Gasteiger partial charge on any atom is -0.462 e. The number of aliphatic hydroxyl groups is 2. The molecule has 0 aliphatic carbocycles. The molecule has 53 heavy (non-hydrogen) atoms. The molecule has 1 unspecified atom stereocenters. The van der Waals surface area contributed by atoms with Crippen molar-refractivity contribution in [2.24, 2.45) is 0 Å². The number of ether oxygens (including phenoxy) is 2. The number of esters is 2. The number of phosphoric acid groups is 1. The third kappa shape index (κ3) is 38.8. The predicted octanol–water partition coefficient (Wildman–Crippen LogP) is 11.2. The van der Waals surface area contributed by atoms with Crippen molar-refractivity contribution < 1.29 is 47.8 Å². The number of phosphoric ester groups is 1. The molecule has 0 aromatic rings. The third-order valence-corrected chi connectivity index (χ3v) is 10.4. The summed E-state index contributed by atoms with van der Waals surface area (Å²) in [6.45, 7) is 2.31. The molecule has 3 N–H and O–H groups in total. The van der Waals surface area contributed by atoms with Gasteiger partial charge in [-0.3, -0.25) is 18.6 Å². The van der Waals surface area contributed by atoms with E-state index in [4.69, 9.17) is 19.1 Å². The van der Waals surface area contributed by atoms with E-state index in [2.05, 4.69) is 30.5 Å². The Balaban J connectivity index is 4.07. The van der Waals surface area contributed by atoms with E-state index in [1.165, 1.54) is 135 Å². The Morgan fingerprint density at radius 2 is 0.943 bits per heavy atom. The van der Waals surface area contributed by atoms with Gasteiger partial charge in [0.15, 0.2) is 6.10 Å². The van der Waals surface area contributed by atoms with E-state index in [0.717, 1.165) is 32.1 Å². The summed E-state index contributed by atoms with van der Waals surface area (Å²) in [5.74, 6) is -0.961. The molecule has 0 bridgehead atoms. The first-order valence-corrected chi connectivity index (χ1v) is 23.1. The topological polar surface area (TPSA) is 149 Å². The van der Waals surface area contributed by atoms with Crippen LogP contribution in [0.4, 0.5) is 0 Å². The number of rotatable bonds is 41. The average Bonchev–Trinajstić information content (AvgIpc) is 3.14. The molecule has 10 nitrogen and oxygen atoms in total. The molecule has 0 saturated heterocycles. The lowest BCUT2D eigenvalue weighted by Gasteiger charge is -2.20. The van der Waals surface area contributed by atoms with Gasteiger partial charge in [-0.05, 0) is 32.1 Å². The lowest BCUT2D eigenvalue weighted by molar-refractivity contribution is -0.161. The maximum Gasteiger partial charge on any atom is 0.472 e. The highest BCUT2D eigenvalue weighted by Gasteiger charge is 2.27. The molecule has 0 aliphatic heterocycles. The molecule has 3 atom stereocenters. The van der Waals surface area contributed by atoms with Gasteiger partial charge in [-0.25, -0.2) is 4.57 Å². The fourth-order valence-electron chi connectivity index (χ4n) is 6.06. The zero-order chi connectivity index (χ0) is 39.1. The van der Waals surface area contributed by atoms with E-state index < -0.39 is 51.8 Å². The van der Waals surface area contributed by atoms with Crippen molar-refractivity contribution in [3.63, 3.8) is 0 Å². The summed E-state index contributed by atoms with van der Waals surface area (Å²) in [5, 5.41) is 18.2. The number of hydrogen-bond acceptors (Lipinski definition) is 9. The molecule has 0 aromatic heterocycles. The van der Waals surface area contributed by atoms with E-state index >= 15 is 0 Å². The molecule has 0 saturated carbocycles. The van der Waals surface area contributed by atoms with Crippen LogP contribution < -0.4 is 0 Å². The average molecular weight is 777 g/mol. The van der Waals surface area contributed by atoms with Crippen molar-refractivity contribution in [3.8, 4) is 0 Å². The predicted molar refractivity (Wildman–Crippen MR) is 215 cm³/mol. The van der Waals surface area contributed by atoms with Gasteiger partial charge < -0.3 is 24.6 Å². The number of aliphatic hydroxyl groups excluding tert-OH is 2. The van der Waals surface area contributed by atoms with Crippen molar-refractivity contribution in [3.05, 3.63) is 12.2 Å². The van der Waals surface area contributed by atoms with Crippen molar-refractivity contribution in [1.82, 2.24) is 0 Å². The van der Waals surface area contributed by atoms with Gasteiger partial charge in [0.05, 0.1) is 19.8 Å². The molecule has 0 rings (SSSR count). The van der Waals surface area contributed by atoms with Crippen LogP contribution in [0.2, 0.25) is 0 Å². The van der Waals surface area contributed by atoms with Gasteiger partial charge in [0.1, 0.15) is 12.7 Å². The number of carbonyl (C=O) groups is 2. The van der Waals surface area contributed by atoms with Crippen LogP contribution in [-0.2, 0) is 32.7 Å². The zero-order valence-corrected chi connectivity index (χ0v) is 34.9. The lowest BCUT2D eigenvalue weighted by atomic mass is 10.0. The first kappa shape index (κ1) is 51.7. The summed E-state index contributed by atoms with van der Waals surface area (Å²) in [6.07, 6.45) is 36.6. The van der Waals surface area contributed by atoms with Crippen molar-refractivity contribution >= 4 is 19.8 Å². The van der Waals surface area contributed by atoms with Crippen molar-refractivity contribution in [2.45, 2.75) is 219 Å². The second kappa shape index (κ2) is 39.0. The quantitative estimate of drug-likeness (QED) is 0.0237. The summed E-state index contributed by atoms with van der Waals surface area (Å²) in [6, 6.07) is 0. The maximum atomic E-state index is 12.4. The van der Waals surface area contributed by atoms with Crippen LogP contribution in [0.5, 0.6) is 0 Å². The Morgan fingerprint density at radius 3 is 1.42 bits per heavy atom. The summed E-state index contributed by atoms with van der Waals surface area (Å²) in [7, 11) is -4.61. The molecule has 0 spiro atoms. The molecule has 314 valence electrons. The van der Waals surface area contributed by atoms with Gasteiger partial charge in [0.2, 0.25) is 0 Å². The van der Waals surface area contributed by atoms with Gasteiger partial charge in [-0.2, -0.15) is 0 Å². The standard InChI is InChI=1S/C42H81O10P/c1-3-5-7-9-11-12-13-14-15-16-17-18-19-20-21-22-23-24-25-26-28-29-31-33-41(45)49-37-40(38-51-53(47,48)50-36-39(44)35-43)52-42(46)34-32-30-27-10-8-6-4-2/h26,28,39-40,43-44H,3-25,27,29-38H2,1-2H3,(H,47,48)/b28-26+/t39-,40+/m1/s1. The monoisotopic (exact) mass is 777 g/mol. The first-order chi connectivity index (χ1) is 25.7. The Hall–Kier alpha value is -1.29. The van der Waals surface area contributed by atoms with E-state index in [1.807, 2.05) is 0 Å². The molecule has 0 aliphatic rings. The highest BCUT2D eigenvalue weighted by atomic mass is 31.2. The first-order valence-electron chi connectivity index (χ1n) is 21.6. The third-order valence-electron chi connectivity index (χ3n) is 9.42. The van der Waals surface area contributed by atoms with Gasteiger partial charge in [-0.15, -0.1) is 0 Å². The fraction of sp³-hybridized carbons (Fsp3) is 0.905. The molecule has 0 radical (unpaired) electrons. The van der Waals surface area contributed by atoms with Crippen LogP contribution in [0.25, 0.3) is 0 Å². The molecule has 0 amide bonds. The second-order valence-electron chi connectivity index (χ2n) is 14.7. The highest BCUT2D eigenvalue weighted by molar-refractivity contribution is 7.47. The van der Waals surface area contributed by atoms with E-state index in [9.17, 15) is 24.2 Å². The molecule has 0 aromatic carbocycles. The Labute approximate surface area is 324 Å². The number of carbonyl (C=O) groups excluding carboxylic acids is 2. The van der Waals surface area contributed by atoms with Gasteiger partial charge in [-0.1, -0.05) is 174 Å². The molecule has 0 heterocycles. The van der Waals surface area contributed by atoms with E-state index in [-0.39, 0.29) is 19.4 Å². The van der Waals surface area contributed by atoms with Crippen LogP contribution >= 0.6 is 7.82 Å². The molecular weight excluding hydrogens is 695 g/mol. The summed E-state index contributed by atoms with van der Waals surface area (Å²) in [5.41, 5.74) is 0. The molecule has 11 heteroatoms. The van der Waals surface area contributed by atoms with Gasteiger partial charge in [0, 0.05) is 12.8 Å². The van der Waals surface area contributed by atoms with E-state index in [1.54, 1.807) is 0 Å². The molecular formula is C42H81O10P. The largest absolute Gasteiger partial charge is 0.472 e. The number of allylic oxidation sites excluding steroid dienone is 2. The number of unbranched alkanes of at least 4 members (excludes halogenated alkanes) is 25. The van der Waals surface area contributed by atoms with Crippen molar-refractivity contribution in [1.29, 1.82) is 0 Å². The van der Waals surface area contributed by atoms with Crippen LogP contribution in [0.15, 0.2) is 12.2 Å². The maximum absolute atomic E-state index is 12.4. The SMILES string of the molecule is CCCCCCCCCCCCCCCCCCCC/C=C/CCCC(=O)OC[C@@H](COP(=O)(O)OC[C@H](O)CO)OC(=O)CCCCCCCCC. The summed E-state index contributed by atoms with van der Waals surface area (Å²) < 4.78 is 32.5. The van der Waals surface area contributed by atoms with Gasteiger partial charge >= 0.3 is 19.8 Å². The number of hydrogen-bond donors (Lipinski definition) is 3. The van der Waals surface area contributed by atoms with Crippen LogP contribution in [-0.4, -0.2) is 65.7 Å². The summed E-state index contributed by atoms with van der Waals surface area (Å²) in [4.78, 5) is 34.7. The molecule has 0 fully saturated rings. The normalized spacial score (nSPS) is 14.0. The minimum absolute atomic E-state index is 0.181. The minimum atomic E-state index is -4.61. The van der Waals surface area contributed by atoms with Crippen molar-refractivity contribution in [2.75, 3.05) is 26.4 Å². The van der Waals surface area contributed by atoms with E-state index in [0.29, 0.717) is 12.8 Å².